The average molecular weight is 349 g/mol. The predicted molar refractivity (Wildman–Crippen MR) is 94.8 cm³/mol. The lowest BCUT2D eigenvalue weighted by Crippen LogP contribution is -2.31. The number of aromatic nitrogens is 1. The van der Waals surface area contributed by atoms with Crippen molar-refractivity contribution in [1.82, 2.24) is 10.3 Å². The highest BCUT2D eigenvalue weighted by Crippen LogP contribution is 2.23. The minimum atomic E-state index is 0. The number of anilines is 1. The third kappa shape index (κ3) is 7.29. The minimum Gasteiger partial charge on any atom is -0.370 e. The van der Waals surface area contributed by atoms with E-state index in [2.05, 4.69) is 15.6 Å². The van der Waals surface area contributed by atoms with Gasteiger partial charge in [0.05, 0.1) is 0 Å². The standard InChI is InChI=1S/C15H24N4O.2ClH/c16-13-7-6-12(11-13)15(20)19-10-4-3-9-18-14-5-1-2-8-17-14;;/h1-2,5,8,12-13H,3-4,6-7,9-11,16H2,(H,17,18)(H,19,20);2*1H. The van der Waals surface area contributed by atoms with E-state index < -0.39 is 0 Å². The molecule has 0 radical (unpaired) electrons. The number of nitrogens with zero attached hydrogens (tertiary/aromatic N) is 1. The second kappa shape index (κ2) is 11.5. The first kappa shape index (κ1) is 21.0. The molecule has 1 amide bonds. The van der Waals surface area contributed by atoms with Crippen molar-refractivity contribution in [2.24, 2.45) is 11.7 Å². The van der Waals surface area contributed by atoms with Gasteiger partial charge in [-0.1, -0.05) is 6.07 Å². The maximum absolute atomic E-state index is 11.9. The maximum atomic E-state index is 11.9. The highest BCUT2D eigenvalue weighted by Gasteiger charge is 2.27. The number of carbonyl (C=O) groups excluding carboxylic acids is 1. The van der Waals surface area contributed by atoms with Crippen LogP contribution in [0.1, 0.15) is 32.1 Å². The molecule has 5 nitrogen and oxygen atoms in total. The number of halogens is 2. The van der Waals surface area contributed by atoms with Gasteiger partial charge in [0.1, 0.15) is 5.82 Å². The third-order valence-electron chi connectivity index (χ3n) is 3.72. The molecule has 1 fully saturated rings. The van der Waals surface area contributed by atoms with Gasteiger partial charge in [-0.3, -0.25) is 4.79 Å². The van der Waals surface area contributed by atoms with Crippen molar-refractivity contribution in [2.45, 2.75) is 38.1 Å². The van der Waals surface area contributed by atoms with Crippen molar-refractivity contribution >= 4 is 36.5 Å². The fourth-order valence-electron chi connectivity index (χ4n) is 2.54. The van der Waals surface area contributed by atoms with Crippen LogP contribution in [0.4, 0.5) is 5.82 Å². The van der Waals surface area contributed by atoms with Gasteiger partial charge in [-0.2, -0.15) is 0 Å². The summed E-state index contributed by atoms with van der Waals surface area (Å²) in [6.45, 7) is 1.62. The summed E-state index contributed by atoms with van der Waals surface area (Å²) in [6, 6.07) is 6.02. The molecule has 0 saturated heterocycles. The van der Waals surface area contributed by atoms with E-state index in [9.17, 15) is 4.79 Å². The molecular formula is C15H26Cl2N4O. The number of hydrogen-bond acceptors (Lipinski definition) is 4. The molecule has 1 heterocycles. The summed E-state index contributed by atoms with van der Waals surface area (Å²) in [5.74, 6) is 1.21. The molecule has 0 bridgehead atoms. The molecule has 1 saturated carbocycles. The monoisotopic (exact) mass is 348 g/mol. The molecule has 1 aromatic rings. The lowest BCUT2D eigenvalue weighted by molar-refractivity contribution is -0.124. The second-order valence-corrected chi connectivity index (χ2v) is 5.41. The van der Waals surface area contributed by atoms with E-state index in [1.807, 2.05) is 18.2 Å². The van der Waals surface area contributed by atoms with Gasteiger partial charge >= 0.3 is 0 Å². The van der Waals surface area contributed by atoms with E-state index in [1.54, 1.807) is 6.20 Å². The van der Waals surface area contributed by atoms with E-state index >= 15 is 0 Å². The Labute approximate surface area is 144 Å². The smallest absolute Gasteiger partial charge is 0.223 e. The summed E-state index contributed by atoms with van der Waals surface area (Å²) in [5.41, 5.74) is 5.82. The lowest BCUT2D eigenvalue weighted by atomic mass is 10.1. The van der Waals surface area contributed by atoms with E-state index in [4.69, 9.17) is 5.73 Å². The summed E-state index contributed by atoms with van der Waals surface area (Å²) >= 11 is 0. The van der Waals surface area contributed by atoms with Crippen LogP contribution in [0.2, 0.25) is 0 Å². The number of rotatable bonds is 7. The molecule has 1 aliphatic rings. The summed E-state index contributed by atoms with van der Waals surface area (Å²) in [5, 5.41) is 6.26. The zero-order chi connectivity index (χ0) is 14.2. The van der Waals surface area contributed by atoms with Crippen LogP contribution in [-0.2, 0) is 4.79 Å². The van der Waals surface area contributed by atoms with Gasteiger partial charge in [0.25, 0.3) is 0 Å². The topological polar surface area (TPSA) is 80.0 Å². The number of carbonyl (C=O) groups is 1. The number of nitrogens with one attached hydrogen (secondary N) is 2. The molecule has 4 N–H and O–H groups in total. The van der Waals surface area contributed by atoms with Crippen LogP contribution in [0.3, 0.4) is 0 Å². The number of pyridine rings is 1. The van der Waals surface area contributed by atoms with E-state index in [0.29, 0.717) is 0 Å². The summed E-state index contributed by atoms with van der Waals surface area (Å²) in [6.07, 6.45) is 6.52. The number of nitrogens with two attached hydrogens (primary N) is 1. The molecule has 1 aromatic heterocycles. The molecule has 1 aliphatic carbocycles. The maximum Gasteiger partial charge on any atom is 0.223 e. The van der Waals surface area contributed by atoms with Crippen molar-refractivity contribution in [3.05, 3.63) is 24.4 Å². The Morgan fingerprint density at radius 3 is 2.64 bits per heavy atom. The van der Waals surface area contributed by atoms with Gasteiger partial charge < -0.3 is 16.4 Å². The quantitative estimate of drug-likeness (QED) is 0.660. The van der Waals surface area contributed by atoms with Crippen LogP contribution >= 0.6 is 24.8 Å². The van der Waals surface area contributed by atoms with Crippen molar-refractivity contribution in [3.63, 3.8) is 0 Å². The molecular weight excluding hydrogens is 323 g/mol. The van der Waals surface area contributed by atoms with Gasteiger partial charge in [0.15, 0.2) is 0 Å². The highest BCUT2D eigenvalue weighted by atomic mass is 35.5. The SMILES string of the molecule is Cl.Cl.NC1CCC(C(=O)NCCCCNc2ccccn2)C1. The van der Waals surface area contributed by atoms with Crippen molar-refractivity contribution < 1.29 is 4.79 Å². The molecule has 2 atom stereocenters. The normalized spacial score (nSPS) is 19.7. The van der Waals surface area contributed by atoms with Gasteiger partial charge in [-0.25, -0.2) is 4.98 Å². The molecule has 0 spiro atoms. The summed E-state index contributed by atoms with van der Waals surface area (Å²) in [4.78, 5) is 16.0. The van der Waals surface area contributed by atoms with Crippen LogP contribution in [0.25, 0.3) is 0 Å². The van der Waals surface area contributed by atoms with Gasteiger partial charge in [-0.15, -0.1) is 24.8 Å². The number of hydrogen-bond donors (Lipinski definition) is 3. The zero-order valence-corrected chi connectivity index (χ0v) is 14.3. The van der Waals surface area contributed by atoms with Crippen molar-refractivity contribution in [2.75, 3.05) is 18.4 Å². The van der Waals surface area contributed by atoms with Crippen LogP contribution < -0.4 is 16.4 Å². The molecule has 7 heteroatoms. The molecule has 22 heavy (non-hydrogen) atoms. The van der Waals surface area contributed by atoms with Crippen LogP contribution in [-0.4, -0.2) is 30.0 Å². The fraction of sp³-hybridized carbons (Fsp3) is 0.600. The predicted octanol–water partition coefficient (Wildman–Crippen LogP) is 2.36. The lowest BCUT2D eigenvalue weighted by Gasteiger charge is -2.10. The second-order valence-electron chi connectivity index (χ2n) is 5.41. The fourth-order valence-corrected chi connectivity index (χ4v) is 2.54. The van der Waals surface area contributed by atoms with Gasteiger partial charge in [0, 0.05) is 31.2 Å². The van der Waals surface area contributed by atoms with Gasteiger partial charge in [0.2, 0.25) is 5.91 Å². The Bertz CT molecular complexity index is 419. The Balaban J connectivity index is 0.00000220. The summed E-state index contributed by atoms with van der Waals surface area (Å²) in [7, 11) is 0. The first-order valence-electron chi connectivity index (χ1n) is 7.44. The third-order valence-corrected chi connectivity index (χ3v) is 3.72. The van der Waals surface area contributed by atoms with Crippen molar-refractivity contribution in [3.8, 4) is 0 Å². The zero-order valence-electron chi connectivity index (χ0n) is 12.7. The molecule has 0 aliphatic heterocycles. The first-order valence-corrected chi connectivity index (χ1v) is 7.44. The largest absolute Gasteiger partial charge is 0.370 e. The number of amides is 1. The van der Waals surface area contributed by atoms with Crippen LogP contribution in [0.5, 0.6) is 0 Å². The van der Waals surface area contributed by atoms with E-state index in [-0.39, 0.29) is 42.7 Å². The van der Waals surface area contributed by atoms with Crippen LogP contribution in [0, 0.1) is 5.92 Å². The Morgan fingerprint density at radius 1 is 1.23 bits per heavy atom. The number of unbranched alkanes of at least 4 members (excludes halogenated alkanes) is 1. The molecule has 2 unspecified atom stereocenters. The van der Waals surface area contributed by atoms with Crippen LogP contribution in [0.15, 0.2) is 24.4 Å². The Morgan fingerprint density at radius 2 is 2.00 bits per heavy atom. The molecule has 0 aromatic carbocycles. The van der Waals surface area contributed by atoms with Crippen molar-refractivity contribution in [1.29, 1.82) is 0 Å². The average Bonchev–Trinajstić information content (AvgIpc) is 2.90. The molecule has 126 valence electrons. The Hall–Kier alpha value is -1.04. The first-order chi connectivity index (χ1) is 9.75. The van der Waals surface area contributed by atoms with E-state index in [0.717, 1.165) is 51.0 Å². The molecule has 2 rings (SSSR count). The Kier molecular flexibility index (Phi) is 11.0. The van der Waals surface area contributed by atoms with E-state index in [1.165, 1.54) is 0 Å². The highest BCUT2D eigenvalue weighted by molar-refractivity contribution is 5.85. The minimum absolute atomic E-state index is 0. The summed E-state index contributed by atoms with van der Waals surface area (Å²) < 4.78 is 0. The van der Waals surface area contributed by atoms with Gasteiger partial charge in [-0.05, 0) is 44.2 Å².